The molecule has 0 N–H and O–H groups in total. The molecule has 0 radical (unpaired) electrons. The number of hydrogen-bond donors (Lipinski definition) is 0. The summed E-state index contributed by atoms with van der Waals surface area (Å²) in [4.78, 5) is 24.4. The Morgan fingerprint density at radius 3 is 1.89 bits per heavy atom. The van der Waals surface area contributed by atoms with E-state index in [1.165, 1.54) is 37.7 Å². The van der Waals surface area contributed by atoms with Gasteiger partial charge in [-0.1, -0.05) is 53.7 Å². The van der Waals surface area contributed by atoms with Gasteiger partial charge in [-0.25, -0.2) is 0 Å². The molecule has 0 amide bonds. The van der Waals surface area contributed by atoms with E-state index in [0.29, 0.717) is 29.6 Å². The van der Waals surface area contributed by atoms with Crippen molar-refractivity contribution in [2.45, 2.75) is 132 Å². The topological polar surface area (TPSA) is 52.6 Å². The van der Waals surface area contributed by atoms with Gasteiger partial charge in [-0.05, 0) is 111 Å². The lowest BCUT2D eigenvalue weighted by Crippen LogP contribution is -2.68. The molecule has 5 aliphatic carbocycles. The fourth-order valence-corrected chi connectivity index (χ4v) is 12.3. The van der Waals surface area contributed by atoms with Gasteiger partial charge in [0.1, 0.15) is 12.2 Å². The Labute approximate surface area is 232 Å². The third-order valence-corrected chi connectivity index (χ3v) is 14.1. The second-order valence-electron chi connectivity index (χ2n) is 16.0. The predicted octanol–water partition coefficient (Wildman–Crippen LogP) is 8.14. The van der Waals surface area contributed by atoms with Gasteiger partial charge in [-0.3, -0.25) is 9.59 Å². The zero-order valence-corrected chi connectivity index (χ0v) is 25.7. The number of esters is 2. The average Bonchev–Trinajstić information content (AvgIpc) is 3.15. The SMILES string of the molecule is C=C(C)[C@@H]1CC[C@@]2(C)[C@H]1[C@H]1CC[C@@H]3[C@@]4(C)CC[C@H](OC(C)=O)C(C)(C)[C@@H]4CC[C@@]3(C)[C@]1(C)C[C@@H]2OC(C)=O. The summed E-state index contributed by atoms with van der Waals surface area (Å²) in [5, 5.41) is 0. The highest BCUT2D eigenvalue weighted by Gasteiger charge is 2.72. The van der Waals surface area contributed by atoms with Crippen molar-refractivity contribution in [2.24, 2.45) is 56.7 Å². The molecule has 5 fully saturated rings. The van der Waals surface area contributed by atoms with Crippen LogP contribution in [0.2, 0.25) is 0 Å². The third kappa shape index (κ3) is 3.66. The van der Waals surface area contributed by atoms with Crippen LogP contribution in [0.15, 0.2) is 12.2 Å². The fourth-order valence-electron chi connectivity index (χ4n) is 12.3. The van der Waals surface area contributed by atoms with Crippen molar-refractivity contribution in [3.05, 3.63) is 12.2 Å². The van der Waals surface area contributed by atoms with Crippen molar-refractivity contribution < 1.29 is 19.1 Å². The van der Waals surface area contributed by atoms with Gasteiger partial charge in [0.15, 0.2) is 0 Å². The van der Waals surface area contributed by atoms with Crippen LogP contribution in [0.4, 0.5) is 0 Å². The van der Waals surface area contributed by atoms with E-state index < -0.39 is 0 Å². The molecule has 0 saturated heterocycles. The second kappa shape index (κ2) is 8.84. The van der Waals surface area contributed by atoms with Crippen molar-refractivity contribution in [1.29, 1.82) is 0 Å². The van der Waals surface area contributed by atoms with E-state index in [2.05, 4.69) is 55.0 Å². The van der Waals surface area contributed by atoms with E-state index in [1.54, 1.807) is 13.8 Å². The first-order chi connectivity index (χ1) is 17.5. The summed E-state index contributed by atoms with van der Waals surface area (Å²) in [6.07, 6.45) is 10.3. The van der Waals surface area contributed by atoms with Crippen LogP contribution in [0.5, 0.6) is 0 Å². The number of ether oxygens (including phenoxy) is 2. The highest BCUT2D eigenvalue weighted by molar-refractivity contribution is 5.66. The number of carbonyl (C=O) groups is 2. The van der Waals surface area contributed by atoms with Gasteiger partial charge < -0.3 is 9.47 Å². The molecule has 0 aliphatic heterocycles. The molecular weight excluding hydrogens is 472 g/mol. The van der Waals surface area contributed by atoms with E-state index in [1.807, 2.05) is 0 Å². The first-order valence-corrected chi connectivity index (χ1v) is 15.5. The molecule has 0 heterocycles. The van der Waals surface area contributed by atoms with Gasteiger partial charge in [-0.2, -0.15) is 0 Å². The molecule has 5 rings (SSSR count). The molecule has 0 bridgehead atoms. The Balaban J connectivity index is 1.55. The van der Waals surface area contributed by atoms with Crippen LogP contribution < -0.4 is 0 Å². The Morgan fingerprint density at radius 2 is 1.29 bits per heavy atom. The molecule has 38 heavy (non-hydrogen) atoms. The summed E-state index contributed by atoms with van der Waals surface area (Å²) < 4.78 is 12.2. The summed E-state index contributed by atoms with van der Waals surface area (Å²) in [5.74, 6) is 2.57. The quantitative estimate of drug-likeness (QED) is 0.275. The first kappa shape index (κ1) is 28.2. The minimum absolute atomic E-state index is 0.00732. The van der Waals surface area contributed by atoms with Gasteiger partial charge in [0.05, 0.1) is 0 Å². The van der Waals surface area contributed by atoms with Crippen LogP contribution in [-0.4, -0.2) is 24.1 Å². The van der Waals surface area contributed by atoms with E-state index in [9.17, 15) is 9.59 Å². The molecule has 5 saturated carbocycles. The molecule has 0 aromatic heterocycles. The van der Waals surface area contributed by atoms with E-state index in [4.69, 9.17) is 9.47 Å². The zero-order chi connectivity index (χ0) is 28.1. The molecule has 5 aliphatic rings. The number of fused-ring (bicyclic) bond motifs is 7. The minimum Gasteiger partial charge on any atom is -0.462 e. The lowest BCUT2D eigenvalue weighted by atomic mass is 9.32. The molecule has 0 unspecified atom stereocenters. The number of hydrogen-bond acceptors (Lipinski definition) is 4. The van der Waals surface area contributed by atoms with E-state index >= 15 is 0 Å². The highest BCUT2D eigenvalue weighted by atomic mass is 16.5. The van der Waals surface area contributed by atoms with Gasteiger partial charge in [-0.15, -0.1) is 0 Å². The van der Waals surface area contributed by atoms with Crippen molar-refractivity contribution in [1.82, 2.24) is 0 Å². The predicted molar refractivity (Wildman–Crippen MR) is 151 cm³/mol. The summed E-state index contributed by atoms with van der Waals surface area (Å²) in [7, 11) is 0. The van der Waals surface area contributed by atoms with Crippen molar-refractivity contribution in [2.75, 3.05) is 0 Å². The standard InChI is InChI=1S/C34H54O4/c1-20(2)23-13-16-32(8)28(38-22(4)36)19-34(10)24(29(23)32)11-12-26-31(7)17-15-27(37-21(3)35)30(5,6)25(31)14-18-33(26,34)9/h23-29H,1,11-19H2,2-10H3/t23-,24+,25-,26+,27-,28-,29+,31-,32+,33+,34+/m0/s1. The van der Waals surface area contributed by atoms with Crippen LogP contribution >= 0.6 is 0 Å². The van der Waals surface area contributed by atoms with Crippen LogP contribution in [0.25, 0.3) is 0 Å². The van der Waals surface area contributed by atoms with Crippen molar-refractivity contribution in [3.63, 3.8) is 0 Å². The van der Waals surface area contributed by atoms with E-state index in [0.717, 1.165) is 25.7 Å². The fraction of sp³-hybridized carbons (Fsp3) is 0.882. The Bertz CT molecular complexity index is 1010. The minimum atomic E-state index is -0.147. The number of allylic oxidation sites excluding steroid dienone is 1. The van der Waals surface area contributed by atoms with Gasteiger partial charge in [0.2, 0.25) is 0 Å². The molecule has 0 spiro atoms. The second-order valence-corrected chi connectivity index (χ2v) is 16.0. The van der Waals surface area contributed by atoms with Crippen molar-refractivity contribution in [3.8, 4) is 0 Å². The largest absolute Gasteiger partial charge is 0.462 e. The maximum Gasteiger partial charge on any atom is 0.302 e. The maximum atomic E-state index is 12.4. The molecule has 0 aromatic rings. The van der Waals surface area contributed by atoms with Crippen LogP contribution in [0.3, 0.4) is 0 Å². The number of carbonyl (C=O) groups excluding carboxylic acids is 2. The molecule has 0 aromatic carbocycles. The smallest absolute Gasteiger partial charge is 0.302 e. The van der Waals surface area contributed by atoms with Crippen LogP contribution in [0.1, 0.15) is 120 Å². The Morgan fingerprint density at radius 1 is 0.684 bits per heavy atom. The maximum absolute atomic E-state index is 12.4. The zero-order valence-electron chi connectivity index (χ0n) is 25.7. The molecule has 214 valence electrons. The van der Waals surface area contributed by atoms with Crippen LogP contribution in [-0.2, 0) is 19.1 Å². The highest BCUT2D eigenvalue weighted by Crippen LogP contribution is 2.77. The average molecular weight is 527 g/mol. The molecule has 4 heteroatoms. The van der Waals surface area contributed by atoms with Crippen molar-refractivity contribution >= 4 is 11.9 Å². The summed E-state index contributed by atoms with van der Waals surface area (Å²) >= 11 is 0. The van der Waals surface area contributed by atoms with Gasteiger partial charge in [0, 0.05) is 24.7 Å². The van der Waals surface area contributed by atoms with Gasteiger partial charge >= 0.3 is 11.9 Å². The monoisotopic (exact) mass is 526 g/mol. The molecule has 11 atom stereocenters. The van der Waals surface area contributed by atoms with E-state index in [-0.39, 0.29) is 51.2 Å². The summed E-state index contributed by atoms with van der Waals surface area (Å²) in [5.41, 5.74) is 1.85. The first-order valence-electron chi connectivity index (χ1n) is 15.5. The summed E-state index contributed by atoms with van der Waals surface area (Å²) in [6.45, 7) is 24.8. The van der Waals surface area contributed by atoms with Crippen LogP contribution in [0, 0.1) is 56.7 Å². The summed E-state index contributed by atoms with van der Waals surface area (Å²) in [6, 6.07) is 0. The van der Waals surface area contributed by atoms with Gasteiger partial charge in [0.25, 0.3) is 0 Å². The Kier molecular flexibility index (Phi) is 6.56. The number of rotatable bonds is 3. The molecular formula is C34H54O4. The lowest BCUT2D eigenvalue weighted by Gasteiger charge is -2.73. The lowest BCUT2D eigenvalue weighted by molar-refractivity contribution is -0.264. The normalized spacial score (nSPS) is 51.0. The Hall–Kier alpha value is -1.32. The third-order valence-electron chi connectivity index (χ3n) is 14.1. The molecule has 4 nitrogen and oxygen atoms in total.